The predicted octanol–water partition coefficient (Wildman–Crippen LogP) is 15.2. The van der Waals surface area contributed by atoms with E-state index in [4.69, 9.17) is 0 Å². The molecule has 0 saturated carbocycles. The highest BCUT2D eigenvalue weighted by Crippen LogP contribution is 2.59. The first kappa shape index (κ1) is 33.8. The summed E-state index contributed by atoms with van der Waals surface area (Å²) in [6, 6.07) is 86.9. The number of anilines is 3. The molecule has 0 N–H and O–H groups in total. The second-order valence-electron chi connectivity index (χ2n) is 15.2. The summed E-state index contributed by atoms with van der Waals surface area (Å²) in [6.45, 7) is 0. The van der Waals surface area contributed by atoms with E-state index in [0.717, 1.165) is 17.1 Å². The quantitative estimate of drug-likeness (QED) is 0.157. The number of hydrogen-bond acceptors (Lipinski definition) is 1. The average molecular weight is 738 g/mol. The molecule has 11 rings (SSSR count). The molecule has 0 bridgehead atoms. The van der Waals surface area contributed by atoms with E-state index in [0.29, 0.717) is 0 Å². The van der Waals surface area contributed by atoms with Crippen molar-refractivity contribution in [3.63, 3.8) is 0 Å². The zero-order chi connectivity index (χ0) is 38.5. The Morgan fingerprint density at radius 1 is 0.310 bits per heavy atom. The van der Waals surface area contributed by atoms with Crippen molar-refractivity contribution >= 4 is 38.6 Å². The lowest BCUT2D eigenvalue weighted by Crippen LogP contribution is -2.28. The third kappa shape index (κ3) is 5.32. The molecule has 0 atom stereocenters. The lowest BCUT2D eigenvalue weighted by Gasteiger charge is -2.34. The number of para-hydroxylation sites is 1. The summed E-state index contributed by atoms with van der Waals surface area (Å²) in [4.78, 5) is 2.50. The van der Waals surface area contributed by atoms with Crippen LogP contribution in [0.5, 0.6) is 0 Å². The number of nitrogens with zero attached hydrogens (tertiary/aromatic N) is 1. The van der Waals surface area contributed by atoms with Crippen LogP contribution >= 0.6 is 0 Å². The van der Waals surface area contributed by atoms with Crippen molar-refractivity contribution in [3.8, 4) is 33.4 Å². The SMILES string of the molecule is c1ccc(C2(c3ccccc3)c3ccccc3-c3c(N(c4ccc(-c5cccc6ccccc56)cc4)c4ccccc4-c4ccc5ccccc5c4)cccc32)cc1. The van der Waals surface area contributed by atoms with Gasteiger partial charge in [0, 0.05) is 16.8 Å². The van der Waals surface area contributed by atoms with Gasteiger partial charge < -0.3 is 4.90 Å². The van der Waals surface area contributed by atoms with E-state index in [1.165, 1.54) is 77.2 Å². The van der Waals surface area contributed by atoms with Crippen LogP contribution < -0.4 is 4.90 Å². The highest BCUT2D eigenvalue weighted by Gasteiger charge is 2.47. The lowest BCUT2D eigenvalue weighted by molar-refractivity contribution is 0.768. The molecule has 0 unspecified atom stereocenters. The van der Waals surface area contributed by atoms with Gasteiger partial charge in [-0.15, -0.1) is 0 Å². The number of hydrogen-bond donors (Lipinski definition) is 0. The molecule has 0 heterocycles. The second kappa shape index (κ2) is 13.9. The maximum absolute atomic E-state index is 2.50. The van der Waals surface area contributed by atoms with Gasteiger partial charge in [-0.3, -0.25) is 0 Å². The van der Waals surface area contributed by atoms with Gasteiger partial charge >= 0.3 is 0 Å². The fourth-order valence-corrected chi connectivity index (χ4v) is 9.60. The highest BCUT2D eigenvalue weighted by molar-refractivity contribution is 6.01. The molecule has 272 valence electrons. The van der Waals surface area contributed by atoms with E-state index >= 15 is 0 Å². The molecule has 10 aromatic carbocycles. The molecule has 10 aromatic rings. The van der Waals surface area contributed by atoms with Gasteiger partial charge in [0.25, 0.3) is 0 Å². The maximum Gasteiger partial charge on any atom is 0.0714 e. The summed E-state index contributed by atoms with van der Waals surface area (Å²) in [5, 5.41) is 4.96. The molecule has 0 aromatic heterocycles. The normalized spacial score (nSPS) is 12.6. The zero-order valence-corrected chi connectivity index (χ0v) is 32.0. The minimum absolute atomic E-state index is 0.508. The molecular weight excluding hydrogens is 699 g/mol. The Labute approximate surface area is 339 Å². The molecule has 1 nitrogen and oxygen atoms in total. The first-order valence-corrected chi connectivity index (χ1v) is 20.1. The Morgan fingerprint density at radius 3 is 1.62 bits per heavy atom. The average Bonchev–Trinajstić information content (AvgIpc) is 3.61. The first-order chi connectivity index (χ1) is 28.8. The van der Waals surface area contributed by atoms with E-state index in [1.807, 2.05) is 0 Å². The van der Waals surface area contributed by atoms with Gasteiger partial charge in [-0.2, -0.15) is 0 Å². The van der Waals surface area contributed by atoms with E-state index < -0.39 is 5.41 Å². The van der Waals surface area contributed by atoms with Crippen LogP contribution in [0.15, 0.2) is 237 Å². The third-order valence-electron chi connectivity index (χ3n) is 12.1. The maximum atomic E-state index is 2.50. The van der Waals surface area contributed by atoms with Gasteiger partial charge in [0.2, 0.25) is 0 Å². The van der Waals surface area contributed by atoms with E-state index in [2.05, 4.69) is 241 Å². The monoisotopic (exact) mass is 737 g/mol. The number of rotatable bonds is 7. The van der Waals surface area contributed by atoms with Crippen LogP contribution in [-0.4, -0.2) is 0 Å². The highest BCUT2D eigenvalue weighted by atomic mass is 15.1. The Morgan fingerprint density at radius 2 is 0.845 bits per heavy atom. The van der Waals surface area contributed by atoms with Crippen LogP contribution in [0.4, 0.5) is 17.1 Å². The molecule has 1 aliphatic rings. The van der Waals surface area contributed by atoms with Gasteiger partial charge in [-0.1, -0.05) is 206 Å². The lowest BCUT2D eigenvalue weighted by atomic mass is 9.68. The van der Waals surface area contributed by atoms with Crippen molar-refractivity contribution in [2.75, 3.05) is 4.90 Å². The molecule has 0 amide bonds. The summed E-state index contributed by atoms with van der Waals surface area (Å²) >= 11 is 0. The third-order valence-corrected chi connectivity index (χ3v) is 12.1. The van der Waals surface area contributed by atoms with Gasteiger partial charge in [0.15, 0.2) is 0 Å². The molecule has 0 saturated heterocycles. The number of fused-ring (bicyclic) bond motifs is 5. The summed E-state index contributed by atoms with van der Waals surface area (Å²) in [5.74, 6) is 0. The van der Waals surface area contributed by atoms with Gasteiger partial charge in [0.1, 0.15) is 0 Å². The zero-order valence-electron chi connectivity index (χ0n) is 32.0. The van der Waals surface area contributed by atoms with Crippen molar-refractivity contribution in [1.82, 2.24) is 0 Å². The van der Waals surface area contributed by atoms with Crippen molar-refractivity contribution in [1.29, 1.82) is 0 Å². The fraction of sp³-hybridized carbons (Fsp3) is 0.0175. The molecule has 0 aliphatic heterocycles. The van der Waals surface area contributed by atoms with E-state index in [-0.39, 0.29) is 0 Å². The van der Waals surface area contributed by atoms with Gasteiger partial charge in [0.05, 0.1) is 16.8 Å². The standard InChI is InChI=1S/C57H39N/c1-3-21-45(22-4-1)57(46-23-5-2-6-24-46)52-29-13-11-27-51(52)56-53(57)30-16-32-55(56)58(47-37-35-42(36-38-47)49-28-15-20-41-18-9-10-25-48(41)49)54-31-14-12-26-50(54)44-34-33-40-17-7-8-19-43(40)39-44/h1-39H. The van der Waals surface area contributed by atoms with Crippen LogP contribution in [-0.2, 0) is 5.41 Å². The van der Waals surface area contributed by atoms with E-state index in [1.54, 1.807) is 0 Å². The molecule has 1 heteroatoms. The molecule has 58 heavy (non-hydrogen) atoms. The predicted molar refractivity (Wildman–Crippen MR) is 244 cm³/mol. The van der Waals surface area contributed by atoms with Gasteiger partial charge in [-0.25, -0.2) is 0 Å². The Balaban J connectivity index is 1.18. The molecular formula is C57H39N. The van der Waals surface area contributed by atoms with Crippen LogP contribution in [0.3, 0.4) is 0 Å². The molecule has 0 fully saturated rings. The smallest absolute Gasteiger partial charge is 0.0714 e. The van der Waals surface area contributed by atoms with Crippen LogP contribution in [0, 0.1) is 0 Å². The van der Waals surface area contributed by atoms with Crippen LogP contribution in [0.1, 0.15) is 22.3 Å². The second-order valence-corrected chi connectivity index (χ2v) is 15.2. The Bertz CT molecular complexity index is 3060. The molecule has 0 radical (unpaired) electrons. The van der Waals surface area contributed by atoms with E-state index in [9.17, 15) is 0 Å². The minimum atomic E-state index is -0.508. The van der Waals surface area contributed by atoms with Crippen molar-refractivity contribution in [2.24, 2.45) is 0 Å². The van der Waals surface area contributed by atoms with Crippen LogP contribution in [0.2, 0.25) is 0 Å². The number of benzene rings is 10. The largest absolute Gasteiger partial charge is 0.309 e. The van der Waals surface area contributed by atoms with Crippen molar-refractivity contribution in [2.45, 2.75) is 5.41 Å². The summed E-state index contributed by atoms with van der Waals surface area (Å²) in [5.41, 5.74) is 15.2. The minimum Gasteiger partial charge on any atom is -0.309 e. The molecule has 1 aliphatic carbocycles. The molecule has 0 spiro atoms. The summed E-state index contributed by atoms with van der Waals surface area (Å²) < 4.78 is 0. The van der Waals surface area contributed by atoms with Crippen molar-refractivity contribution in [3.05, 3.63) is 259 Å². The Hall–Kier alpha value is -7.48. The summed E-state index contributed by atoms with van der Waals surface area (Å²) in [7, 11) is 0. The topological polar surface area (TPSA) is 3.24 Å². The van der Waals surface area contributed by atoms with Crippen molar-refractivity contribution < 1.29 is 0 Å². The first-order valence-electron chi connectivity index (χ1n) is 20.1. The summed E-state index contributed by atoms with van der Waals surface area (Å²) in [6.07, 6.45) is 0. The Kier molecular flexibility index (Phi) is 8.12. The van der Waals surface area contributed by atoms with Crippen LogP contribution in [0.25, 0.3) is 54.9 Å². The van der Waals surface area contributed by atoms with Gasteiger partial charge in [-0.05, 0) is 96.4 Å². The fourth-order valence-electron chi connectivity index (χ4n) is 9.60.